The third-order valence-corrected chi connectivity index (χ3v) is 3.35. The summed E-state index contributed by atoms with van der Waals surface area (Å²) in [4.78, 5) is 117. The predicted molar refractivity (Wildman–Crippen MR) is 134 cm³/mol. The Morgan fingerprint density at radius 1 is 0.351 bits per heavy atom. The molecule has 0 rings (SSSR count). The van der Waals surface area contributed by atoms with Crippen LogP contribution in [0, 0.1) is 6.92 Å². The molecule has 0 bridgehead atoms. The number of unbranched alkanes of at least 4 members (excludes halogenated alkanes) is 13. The van der Waals surface area contributed by atoms with Crippen molar-refractivity contribution in [2.75, 3.05) is 0 Å². The fourth-order valence-electron chi connectivity index (χ4n) is 2.19. The SMILES string of the molecule is O[Si](O)(O)O.O[Si](O)(O)O.O[Si](O)(O)O.O[Si](O)(O)O.[CH2-]CCCCCCCCCCCCCCC.[Na+]. The molecular formula is C16H49NaO16Si4. The minimum absolute atomic E-state index is 0. The zero-order valence-electron chi connectivity index (χ0n) is 21.8. The number of hydrogen-bond donors (Lipinski definition) is 16. The normalized spacial score (nSPS) is 11.2. The largest absolute Gasteiger partial charge is 1.00 e. The van der Waals surface area contributed by atoms with E-state index in [1.807, 2.05) is 0 Å². The van der Waals surface area contributed by atoms with Crippen molar-refractivity contribution in [1.82, 2.24) is 0 Å². The molecule has 21 heteroatoms. The quantitative estimate of drug-likeness (QED) is 0.0509. The molecule has 16 nitrogen and oxygen atoms in total. The minimum Gasteiger partial charge on any atom is -0.368 e. The monoisotopic (exact) mass is 632 g/mol. The van der Waals surface area contributed by atoms with Crippen LogP contribution in [0.25, 0.3) is 0 Å². The standard InChI is InChI=1S/C16H33.Na.4H4O4Si/c1-3-5-7-9-11-13-15-16-14-12-10-8-6-4-2;;4*1-5(2,3)4/h1,3-16H2,2H3;;4*1-4H/q-1;+1;;;;. The molecule has 0 aliphatic rings. The van der Waals surface area contributed by atoms with E-state index in [-0.39, 0.29) is 29.6 Å². The molecule has 226 valence electrons. The molecule has 0 radical (unpaired) electrons. The van der Waals surface area contributed by atoms with E-state index < -0.39 is 36.2 Å². The average molecular weight is 633 g/mol. The first-order chi connectivity index (χ1) is 15.9. The van der Waals surface area contributed by atoms with Crippen LogP contribution in [0.15, 0.2) is 0 Å². The second kappa shape index (κ2) is 31.8. The number of rotatable bonds is 13. The molecule has 0 aliphatic heterocycles. The molecule has 0 atom stereocenters. The van der Waals surface area contributed by atoms with Crippen LogP contribution in [0.1, 0.15) is 96.8 Å². The van der Waals surface area contributed by atoms with Gasteiger partial charge in [-0.25, -0.2) is 0 Å². The molecule has 0 saturated carbocycles. The van der Waals surface area contributed by atoms with Gasteiger partial charge in [0.25, 0.3) is 0 Å². The van der Waals surface area contributed by atoms with E-state index in [4.69, 9.17) is 76.7 Å². The van der Waals surface area contributed by atoms with Crippen LogP contribution >= 0.6 is 0 Å². The Labute approximate surface area is 245 Å². The summed E-state index contributed by atoms with van der Waals surface area (Å²) in [7, 11) is -18.4. The molecule has 0 unspecified atom stereocenters. The summed E-state index contributed by atoms with van der Waals surface area (Å²) in [5.41, 5.74) is 0. The smallest absolute Gasteiger partial charge is 0.368 e. The van der Waals surface area contributed by atoms with Crippen LogP contribution in [-0.2, 0) is 0 Å². The zero-order valence-corrected chi connectivity index (χ0v) is 27.8. The molecule has 16 N–H and O–H groups in total. The van der Waals surface area contributed by atoms with Gasteiger partial charge < -0.3 is 83.7 Å². The summed E-state index contributed by atoms with van der Waals surface area (Å²) >= 11 is 0. The first-order valence-corrected chi connectivity index (χ1v) is 18.4. The van der Waals surface area contributed by atoms with Gasteiger partial charge in [0.05, 0.1) is 0 Å². The van der Waals surface area contributed by atoms with Gasteiger partial charge in [-0.1, -0.05) is 90.4 Å². The summed E-state index contributed by atoms with van der Waals surface area (Å²) in [5.74, 6) is 0. The predicted octanol–water partition coefficient (Wildman–Crippen LogP) is -7.13. The topological polar surface area (TPSA) is 324 Å². The second-order valence-electron chi connectivity index (χ2n) is 7.50. The van der Waals surface area contributed by atoms with Gasteiger partial charge in [0.2, 0.25) is 0 Å². The van der Waals surface area contributed by atoms with Gasteiger partial charge in [-0.3, -0.25) is 0 Å². The fraction of sp³-hybridized carbons (Fsp3) is 0.938. The Kier molecular flexibility index (Phi) is 43.8. The molecule has 0 aliphatic carbocycles. The summed E-state index contributed by atoms with van der Waals surface area (Å²) in [6.45, 7) is 6.16. The second-order valence-corrected chi connectivity index (χ2v) is 12.3. The van der Waals surface area contributed by atoms with Crippen molar-refractivity contribution in [2.45, 2.75) is 96.8 Å². The molecule has 0 aromatic heterocycles. The van der Waals surface area contributed by atoms with Gasteiger partial charge in [0, 0.05) is 0 Å². The van der Waals surface area contributed by atoms with Gasteiger partial charge in [-0.05, 0) is 0 Å². The van der Waals surface area contributed by atoms with E-state index in [9.17, 15) is 0 Å². The molecule has 0 spiro atoms. The van der Waals surface area contributed by atoms with Crippen molar-refractivity contribution in [3.8, 4) is 0 Å². The van der Waals surface area contributed by atoms with E-state index in [0.29, 0.717) is 0 Å². The van der Waals surface area contributed by atoms with Gasteiger partial charge in [0.15, 0.2) is 0 Å². The molecular weight excluding hydrogens is 583 g/mol. The van der Waals surface area contributed by atoms with Crippen LogP contribution in [0.5, 0.6) is 0 Å². The number of hydrogen-bond acceptors (Lipinski definition) is 16. The first kappa shape index (κ1) is 51.0. The van der Waals surface area contributed by atoms with Crippen LogP contribution in [0.4, 0.5) is 0 Å². The minimum atomic E-state index is -4.61. The summed E-state index contributed by atoms with van der Waals surface area (Å²) in [6.07, 6.45) is 19.8. The van der Waals surface area contributed by atoms with Gasteiger partial charge in [-0.15, -0.1) is 0 Å². The van der Waals surface area contributed by atoms with Crippen molar-refractivity contribution in [1.29, 1.82) is 0 Å². The Balaban J connectivity index is -0.0000000941. The summed E-state index contributed by atoms with van der Waals surface area (Å²) in [6, 6.07) is 0. The average Bonchev–Trinajstić information content (AvgIpc) is 2.57. The van der Waals surface area contributed by atoms with Crippen molar-refractivity contribution < 1.29 is 106 Å². The Bertz CT molecular complexity index is 332. The van der Waals surface area contributed by atoms with Gasteiger partial charge >= 0.3 is 65.7 Å². The fourth-order valence-corrected chi connectivity index (χ4v) is 2.19. The third kappa shape index (κ3) is 228. The Hall–Kier alpha value is 1.23. The van der Waals surface area contributed by atoms with Crippen LogP contribution in [-0.4, -0.2) is 113 Å². The van der Waals surface area contributed by atoms with E-state index >= 15 is 0 Å². The van der Waals surface area contributed by atoms with E-state index in [0.717, 1.165) is 6.42 Å². The molecule has 0 aromatic rings. The molecule has 0 saturated heterocycles. The molecule has 0 heterocycles. The molecule has 0 amide bonds. The van der Waals surface area contributed by atoms with Crippen molar-refractivity contribution in [2.24, 2.45) is 0 Å². The molecule has 0 fully saturated rings. The van der Waals surface area contributed by atoms with Crippen molar-refractivity contribution in [3.05, 3.63) is 6.92 Å². The van der Waals surface area contributed by atoms with Crippen LogP contribution in [0.3, 0.4) is 0 Å². The van der Waals surface area contributed by atoms with E-state index in [2.05, 4.69) is 13.8 Å². The zero-order chi connectivity index (χ0) is 29.9. The summed E-state index contributed by atoms with van der Waals surface area (Å²) < 4.78 is 0. The Morgan fingerprint density at radius 2 is 0.486 bits per heavy atom. The maximum atomic E-state index is 7.33. The maximum Gasteiger partial charge on any atom is 1.00 e. The maximum absolute atomic E-state index is 7.33. The molecule has 0 aromatic carbocycles. The Morgan fingerprint density at radius 3 is 0.622 bits per heavy atom. The van der Waals surface area contributed by atoms with Crippen molar-refractivity contribution in [3.63, 3.8) is 0 Å². The van der Waals surface area contributed by atoms with E-state index in [1.54, 1.807) is 0 Å². The van der Waals surface area contributed by atoms with Crippen LogP contribution in [0.2, 0.25) is 0 Å². The van der Waals surface area contributed by atoms with E-state index in [1.165, 1.54) is 83.5 Å². The first-order valence-electron chi connectivity index (χ1n) is 11.3. The molecule has 37 heavy (non-hydrogen) atoms. The van der Waals surface area contributed by atoms with Crippen molar-refractivity contribution >= 4 is 36.2 Å². The van der Waals surface area contributed by atoms with Gasteiger partial charge in [-0.2, -0.15) is 6.42 Å². The van der Waals surface area contributed by atoms with Crippen LogP contribution < -0.4 is 29.6 Å². The summed E-state index contributed by atoms with van der Waals surface area (Å²) in [5, 5.41) is 0. The van der Waals surface area contributed by atoms with Gasteiger partial charge in [0.1, 0.15) is 0 Å². The third-order valence-electron chi connectivity index (χ3n) is 3.35.